The summed E-state index contributed by atoms with van der Waals surface area (Å²) in [5, 5.41) is 15.3. The zero-order chi connectivity index (χ0) is 22.2. The van der Waals surface area contributed by atoms with Crippen molar-refractivity contribution in [3.8, 4) is 5.75 Å². The second-order valence-electron chi connectivity index (χ2n) is 8.27. The first-order chi connectivity index (χ1) is 15.0. The maximum Gasteiger partial charge on any atom is 0.191 e. The highest BCUT2D eigenvalue weighted by atomic mass is 16.5. The van der Waals surface area contributed by atoms with E-state index in [4.69, 9.17) is 9.73 Å². The van der Waals surface area contributed by atoms with Gasteiger partial charge in [0.2, 0.25) is 0 Å². The van der Waals surface area contributed by atoms with Crippen molar-refractivity contribution in [3.63, 3.8) is 0 Å². The Morgan fingerprint density at radius 2 is 2.06 bits per heavy atom. The van der Waals surface area contributed by atoms with Gasteiger partial charge in [-0.25, -0.2) is 4.99 Å². The highest BCUT2D eigenvalue weighted by Gasteiger charge is 2.23. The van der Waals surface area contributed by atoms with Gasteiger partial charge in [0, 0.05) is 19.6 Å². The van der Waals surface area contributed by atoms with Gasteiger partial charge in [-0.2, -0.15) is 0 Å². The van der Waals surface area contributed by atoms with E-state index in [2.05, 4.69) is 52.6 Å². The van der Waals surface area contributed by atoms with E-state index in [9.17, 15) is 0 Å². The molecule has 0 bridgehead atoms. The molecule has 0 aliphatic carbocycles. The smallest absolute Gasteiger partial charge is 0.191 e. The Balaban J connectivity index is 1.60. The van der Waals surface area contributed by atoms with E-state index in [-0.39, 0.29) is 6.10 Å². The number of ether oxygens (including phenoxy) is 1. The topological polar surface area (TPSA) is 79.6 Å². The van der Waals surface area contributed by atoms with Gasteiger partial charge in [-0.3, -0.25) is 4.90 Å². The van der Waals surface area contributed by atoms with Crippen molar-refractivity contribution in [2.75, 3.05) is 26.2 Å². The van der Waals surface area contributed by atoms with Crippen LogP contribution in [0, 0.1) is 13.8 Å². The lowest BCUT2D eigenvalue weighted by Gasteiger charge is -2.24. The number of rotatable bonds is 9. The minimum absolute atomic E-state index is 0.00351. The fourth-order valence-corrected chi connectivity index (χ4v) is 3.86. The number of nitrogens with one attached hydrogen (secondary N) is 2. The molecule has 1 aromatic heterocycles. The largest absolute Gasteiger partial charge is 0.489 e. The van der Waals surface area contributed by atoms with Crippen molar-refractivity contribution in [1.29, 1.82) is 0 Å². The molecule has 31 heavy (non-hydrogen) atoms. The van der Waals surface area contributed by atoms with Crippen molar-refractivity contribution in [1.82, 2.24) is 30.3 Å². The van der Waals surface area contributed by atoms with Crippen LogP contribution in [0.2, 0.25) is 0 Å². The molecule has 1 saturated heterocycles. The summed E-state index contributed by atoms with van der Waals surface area (Å²) in [7, 11) is 1.97. The van der Waals surface area contributed by atoms with Crippen LogP contribution in [-0.2, 0) is 13.6 Å². The first kappa shape index (κ1) is 23.1. The third-order valence-electron chi connectivity index (χ3n) is 5.95. The highest BCUT2D eigenvalue weighted by Crippen LogP contribution is 2.18. The number of aryl methyl sites for hydroxylation is 2. The van der Waals surface area contributed by atoms with Gasteiger partial charge < -0.3 is 19.9 Å². The molecule has 8 nitrogen and oxygen atoms in total. The number of nitrogens with zero attached hydrogens (tertiary/aromatic N) is 5. The molecule has 2 unspecified atom stereocenters. The number of aromatic nitrogens is 3. The first-order valence-electron chi connectivity index (χ1n) is 11.3. The SMILES string of the molecule is CCN1CCCC1CNC(=NCc1nnc(C)n1C)NCC(C)Oc1ccccc1C. The van der Waals surface area contributed by atoms with Crippen molar-refractivity contribution in [2.45, 2.75) is 59.2 Å². The summed E-state index contributed by atoms with van der Waals surface area (Å²) >= 11 is 0. The summed E-state index contributed by atoms with van der Waals surface area (Å²) < 4.78 is 8.09. The van der Waals surface area contributed by atoms with Crippen LogP contribution in [0.5, 0.6) is 5.75 Å². The molecule has 2 atom stereocenters. The van der Waals surface area contributed by atoms with E-state index in [1.54, 1.807) is 0 Å². The molecule has 2 N–H and O–H groups in total. The third kappa shape index (κ3) is 6.43. The Morgan fingerprint density at radius 1 is 1.26 bits per heavy atom. The molecule has 1 fully saturated rings. The molecule has 1 aliphatic rings. The molecule has 1 aliphatic heterocycles. The number of para-hydroxylation sites is 1. The Kier molecular flexibility index (Phi) is 8.28. The summed E-state index contributed by atoms with van der Waals surface area (Å²) in [6.45, 7) is 12.6. The van der Waals surface area contributed by atoms with Crippen LogP contribution in [0.4, 0.5) is 0 Å². The van der Waals surface area contributed by atoms with Crippen molar-refractivity contribution in [3.05, 3.63) is 41.5 Å². The average Bonchev–Trinajstić information content (AvgIpc) is 3.35. The predicted molar refractivity (Wildman–Crippen MR) is 124 cm³/mol. The van der Waals surface area contributed by atoms with Gasteiger partial charge in [-0.1, -0.05) is 25.1 Å². The number of benzene rings is 1. The Hall–Kier alpha value is -2.61. The minimum atomic E-state index is 0.00351. The number of guanidine groups is 1. The van der Waals surface area contributed by atoms with E-state index in [0.717, 1.165) is 42.0 Å². The van der Waals surface area contributed by atoms with Crippen LogP contribution in [0.25, 0.3) is 0 Å². The molecule has 0 saturated carbocycles. The van der Waals surface area contributed by atoms with Crippen molar-refractivity contribution in [2.24, 2.45) is 12.0 Å². The summed E-state index contributed by atoms with van der Waals surface area (Å²) in [5.41, 5.74) is 1.14. The second kappa shape index (κ2) is 11.1. The molecule has 2 aromatic rings. The number of likely N-dealkylation sites (tertiary alicyclic amines) is 1. The molecular formula is C23H37N7O. The van der Waals surface area contributed by atoms with Crippen molar-refractivity contribution >= 4 is 5.96 Å². The number of aliphatic imine (C=N–C) groups is 1. The van der Waals surface area contributed by atoms with Gasteiger partial charge >= 0.3 is 0 Å². The Bertz CT molecular complexity index is 863. The second-order valence-corrected chi connectivity index (χ2v) is 8.27. The predicted octanol–water partition coefficient (Wildman–Crippen LogP) is 2.42. The van der Waals surface area contributed by atoms with E-state index in [1.165, 1.54) is 19.4 Å². The number of hydrogen-bond donors (Lipinski definition) is 2. The molecule has 8 heteroatoms. The van der Waals surface area contributed by atoms with Gasteiger partial charge in [-0.05, 0) is 58.3 Å². The van der Waals surface area contributed by atoms with Gasteiger partial charge in [-0.15, -0.1) is 10.2 Å². The molecule has 3 rings (SSSR count). The molecular weight excluding hydrogens is 390 g/mol. The normalized spacial score (nSPS) is 18.2. The van der Waals surface area contributed by atoms with Gasteiger partial charge in [0.15, 0.2) is 11.8 Å². The summed E-state index contributed by atoms with van der Waals surface area (Å²) in [4.78, 5) is 7.30. The number of hydrogen-bond acceptors (Lipinski definition) is 5. The van der Waals surface area contributed by atoms with Gasteiger partial charge in [0.05, 0.1) is 6.54 Å². The van der Waals surface area contributed by atoms with E-state index >= 15 is 0 Å². The fraction of sp³-hybridized carbons (Fsp3) is 0.609. The third-order valence-corrected chi connectivity index (χ3v) is 5.95. The van der Waals surface area contributed by atoms with E-state index < -0.39 is 0 Å². The zero-order valence-electron chi connectivity index (χ0n) is 19.6. The molecule has 170 valence electrons. The lowest BCUT2D eigenvalue weighted by Crippen LogP contribution is -2.46. The van der Waals surface area contributed by atoms with Crippen LogP contribution in [0.3, 0.4) is 0 Å². The molecule has 1 aromatic carbocycles. The summed E-state index contributed by atoms with van der Waals surface area (Å²) in [6.07, 6.45) is 2.49. The summed E-state index contributed by atoms with van der Waals surface area (Å²) in [6, 6.07) is 8.65. The quantitative estimate of drug-likeness (QED) is 0.473. The zero-order valence-corrected chi connectivity index (χ0v) is 19.6. The van der Waals surface area contributed by atoms with E-state index in [0.29, 0.717) is 19.1 Å². The number of likely N-dealkylation sites (N-methyl/N-ethyl adjacent to an activating group) is 1. The first-order valence-corrected chi connectivity index (χ1v) is 11.3. The summed E-state index contributed by atoms with van der Waals surface area (Å²) in [5.74, 6) is 3.43. The van der Waals surface area contributed by atoms with Crippen LogP contribution < -0.4 is 15.4 Å². The molecule has 2 heterocycles. The van der Waals surface area contributed by atoms with Crippen LogP contribution in [0.1, 0.15) is 43.9 Å². The van der Waals surface area contributed by atoms with Crippen LogP contribution >= 0.6 is 0 Å². The van der Waals surface area contributed by atoms with Crippen molar-refractivity contribution < 1.29 is 4.74 Å². The molecule has 0 spiro atoms. The lowest BCUT2D eigenvalue weighted by molar-refractivity contribution is 0.222. The van der Waals surface area contributed by atoms with Gasteiger partial charge in [0.1, 0.15) is 24.2 Å². The maximum absolute atomic E-state index is 6.11. The van der Waals surface area contributed by atoms with Gasteiger partial charge in [0.25, 0.3) is 0 Å². The highest BCUT2D eigenvalue weighted by molar-refractivity contribution is 5.79. The Morgan fingerprint density at radius 3 is 2.77 bits per heavy atom. The average molecular weight is 428 g/mol. The lowest BCUT2D eigenvalue weighted by atomic mass is 10.2. The monoisotopic (exact) mass is 427 g/mol. The minimum Gasteiger partial charge on any atom is -0.489 e. The fourth-order valence-electron chi connectivity index (χ4n) is 3.86. The van der Waals surface area contributed by atoms with Crippen LogP contribution in [-0.4, -0.2) is 63.9 Å². The Labute approximate surface area is 186 Å². The van der Waals surface area contributed by atoms with E-state index in [1.807, 2.05) is 36.7 Å². The molecule has 0 amide bonds. The standard InChI is InChI=1S/C23H37N7O/c1-6-30-13-9-11-20(30)15-25-23(26-16-22-28-27-19(4)29(22)5)24-14-18(3)31-21-12-8-7-10-17(21)2/h7-8,10,12,18,20H,6,9,11,13-16H2,1-5H3,(H2,24,25,26). The molecule has 0 radical (unpaired) electrons. The van der Waals surface area contributed by atoms with Crippen LogP contribution in [0.15, 0.2) is 29.3 Å². The maximum atomic E-state index is 6.11.